The van der Waals surface area contributed by atoms with Gasteiger partial charge in [0, 0.05) is 13.0 Å². The van der Waals surface area contributed by atoms with Crippen LogP contribution in [-0.4, -0.2) is 0 Å². The van der Waals surface area contributed by atoms with Gasteiger partial charge in [0.05, 0.1) is 15.8 Å². The summed E-state index contributed by atoms with van der Waals surface area (Å²) in [4.78, 5) is 2.75. The van der Waals surface area contributed by atoms with Crippen molar-refractivity contribution in [1.82, 2.24) is 0 Å². The van der Waals surface area contributed by atoms with Gasteiger partial charge in [-0.2, -0.15) is 0 Å². The molecule has 0 aliphatic heterocycles. The second-order valence-corrected chi connectivity index (χ2v) is 7.18. The van der Waals surface area contributed by atoms with E-state index in [2.05, 4.69) is 79.8 Å². The van der Waals surface area contributed by atoms with E-state index in [1.165, 1.54) is 43.0 Å². The van der Waals surface area contributed by atoms with Crippen LogP contribution in [0.5, 0.6) is 0 Å². The fourth-order valence-electron chi connectivity index (χ4n) is 3.48. The average molecular weight is 318 g/mol. The van der Waals surface area contributed by atoms with E-state index in [1.807, 2.05) is 11.3 Å². The van der Waals surface area contributed by atoms with Gasteiger partial charge in [0.2, 0.25) is 5.52 Å². The Balaban J connectivity index is 2.29. The molecule has 0 unspecified atom stereocenters. The van der Waals surface area contributed by atoms with Crippen molar-refractivity contribution in [2.75, 3.05) is 0 Å². The van der Waals surface area contributed by atoms with Crippen molar-refractivity contribution in [3.8, 4) is 11.1 Å². The molecule has 23 heavy (non-hydrogen) atoms. The van der Waals surface area contributed by atoms with E-state index in [0.29, 0.717) is 0 Å². The Labute approximate surface area is 140 Å². The van der Waals surface area contributed by atoms with E-state index in [9.17, 15) is 0 Å². The molecule has 2 aromatic carbocycles. The lowest BCUT2D eigenvalue weighted by atomic mass is 9.96. The number of thiazole rings is 1. The Hall–Kier alpha value is -2.19. The van der Waals surface area contributed by atoms with Crippen molar-refractivity contribution >= 4 is 27.1 Å². The van der Waals surface area contributed by atoms with Gasteiger partial charge in [0.1, 0.15) is 0 Å². The second-order valence-electron chi connectivity index (χ2n) is 5.97. The Morgan fingerprint density at radius 2 is 1.61 bits per heavy atom. The van der Waals surface area contributed by atoms with Crippen molar-refractivity contribution in [1.29, 1.82) is 0 Å². The SMILES string of the molecule is CCc1c(-c2ccccc2)c2sc(C)c(C)[n+]2c2ccccc12. The first kappa shape index (κ1) is 14.4. The summed E-state index contributed by atoms with van der Waals surface area (Å²) in [6.07, 6.45) is 1.04. The van der Waals surface area contributed by atoms with Crippen LogP contribution in [0.4, 0.5) is 0 Å². The lowest BCUT2D eigenvalue weighted by Gasteiger charge is -2.10. The first-order chi connectivity index (χ1) is 11.2. The molecule has 0 radical (unpaired) electrons. The largest absolute Gasteiger partial charge is 0.276 e. The summed E-state index contributed by atoms with van der Waals surface area (Å²) in [7, 11) is 0. The summed E-state index contributed by atoms with van der Waals surface area (Å²) in [6, 6.07) is 19.6. The Bertz CT molecular complexity index is 1010. The summed E-state index contributed by atoms with van der Waals surface area (Å²) in [6.45, 7) is 6.71. The fraction of sp³-hybridized carbons (Fsp3) is 0.190. The molecule has 2 heteroatoms. The van der Waals surface area contributed by atoms with Crippen LogP contribution in [-0.2, 0) is 6.42 Å². The van der Waals surface area contributed by atoms with Gasteiger partial charge in [-0.1, -0.05) is 60.7 Å². The van der Waals surface area contributed by atoms with Crippen LogP contribution < -0.4 is 4.40 Å². The molecule has 4 aromatic rings. The Kier molecular flexibility index (Phi) is 3.42. The van der Waals surface area contributed by atoms with Crippen molar-refractivity contribution in [2.45, 2.75) is 27.2 Å². The highest BCUT2D eigenvalue weighted by Gasteiger charge is 2.26. The van der Waals surface area contributed by atoms with Crippen LogP contribution in [0.1, 0.15) is 23.1 Å². The quantitative estimate of drug-likeness (QED) is 0.431. The molecule has 0 N–H and O–H groups in total. The van der Waals surface area contributed by atoms with Crippen LogP contribution in [0, 0.1) is 13.8 Å². The predicted octanol–water partition coefficient (Wildman–Crippen LogP) is 5.49. The van der Waals surface area contributed by atoms with E-state index >= 15 is 0 Å². The molecule has 0 aliphatic carbocycles. The van der Waals surface area contributed by atoms with Gasteiger partial charge < -0.3 is 0 Å². The van der Waals surface area contributed by atoms with Crippen LogP contribution in [0.2, 0.25) is 0 Å². The number of pyridine rings is 1. The maximum Gasteiger partial charge on any atom is 0.276 e. The minimum Gasteiger partial charge on any atom is -0.147 e. The molecule has 1 nitrogen and oxygen atoms in total. The molecule has 0 bridgehead atoms. The van der Waals surface area contributed by atoms with E-state index in [-0.39, 0.29) is 0 Å². The molecule has 0 saturated heterocycles. The standard InChI is InChI=1S/C21H20NS/c1-4-17-18-12-8-9-13-19(18)22-14(2)15(3)23-21(22)20(17)16-10-6-5-7-11-16/h5-13H,4H2,1-3H3/q+1. The lowest BCUT2D eigenvalue weighted by molar-refractivity contribution is -0.485. The Morgan fingerprint density at radius 1 is 0.913 bits per heavy atom. The zero-order chi connectivity index (χ0) is 16.0. The van der Waals surface area contributed by atoms with Gasteiger partial charge in [-0.15, -0.1) is 4.40 Å². The van der Waals surface area contributed by atoms with Gasteiger partial charge in [0.15, 0.2) is 5.69 Å². The lowest BCUT2D eigenvalue weighted by Crippen LogP contribution is -2.25. The highest BCUT2D eigenvalue weighted by molar-refractivity contribution is 7.17. The molecule has 2 heterocycles. The molecule has 114 valence electrons. The third-order valence-corrected chi connectivity index (χ3v) is 5.88. The third kappa shape index (κ3) is 2.09. The number of fused-ring (bicyclic) bond motifs is 3. The smallest absolute Gasteiger partial charge is 0.147 e. The van der Waals surface area contributed by atoms with E-state index in [1.54, 1.807) is 0 Å². The minimum absolute atomic E-state index is 1.04. The van der Waals surface area contributed by atoms with Gasteiger partial charge in [-0.05, 0) is 30.5 Å². The van der Waals surface area contributed by atoms with Gasteiger partial charge in [-0.3, -0.25) is 0 Å². The van der Waals surface area contributed by atoms with Crippen LogP contribution in [0.3, 0.4) is 0 Å². The first-order valence-corrected chi connectivity index (χ1v) is 8.94. The Morgan fingerprint density at radius 3 is 2.35 bits per heavy atom. The normalized spacial score (nSPS) is 11.4. The number of hydrogen-bond acceptors (Lipinski definition) is 1. The van der Waals surface area contributed by atoms with Gasteiger partial charge in [0.25, 0.3) is 4.83 Å². The monoisotopic (exact) mass is 318 g/mol. The molecule has 0 atom stereocenters. The number of benzene rings is 2. The fourth-order valence-corrected chi connectivity index (χ4v) is 4.68. The third-order valence-electron chi connectivity index (χ3n) is 4.70. The summed E-state index contributed by atoms with van der Waals surface area (Å²) < 4.78 is 2.44. The molecule has 0 fully saturated rings. The first-order valence-electron chi connectivity index (χ1n) is 8.13. The summed E-state index contributed by atoms with van der Waals surface area (Å²) >= 11 is 1.91. The number of nitrogens with zero attached hydrogens (tertiary/aromatic N) is 1. The molecule has 0 amide bonds. The number of aryl methyl sites for hydroxylation is 3. The molecule has 0 saturated carbocycles. The highest BCUT2D eigenvalue weighted by Crippen LogP contribution is 2.36. The van der Waals surface area contributed by atoms with E-state index < -0.39 is 0 Å². The number of hydrogen-bond donors (Lipinski definition) is 0. The number of rotatable bonds is 2. The van der Waals surface area contributed by atoms with Crippen LogP contribution in [0.15, 0.2) is 54.6 Å². The minimum atomic E-state index is 1.04. The van der Waals surface area contributed by atoms with Crippen molar-refractivity contribution in [3.05, 3.63) is 70.7 Å². The maximum atomic E-state index is 2.44. The van der Waals surface area contributed by atoms with Crippen molar-refractivity contribution < 1.29 is 4.40 Å². The van der Waals surface area contributed by atoms with E-state index in [0.717, 1.165) is 6.42 Å². The highest BCUT2D eigenvalue weighted by atomic mass is 32.1. The molecular weight excluding hydrogens is 298 g/mol. The van der Waals surface area contributed by atoms with E-state index in [4.69, 9.17) is 0 Å². The average Bonchev–Trinajstić information content (AvgIpc) is 2.89. The number of para-hydroxylation sites is 1. The topological polar surface area (TPSA) is 4.10 Å². The zero-order valence-corrected chi connectivity index (χ0v) is 14.6. The summed E-state index contributed by atoms with van der Waals surface area (Å²) in [5.74, 6) is 0. The summed E-state index contributed by atoms with van der Waals surface area (Å²) in [5.41, 5.74) is 6.83. The van der Waals surface area contributed by atoms with Crippen molar-refractivity contribution in [3.63, 3.8) is 0 Å². The van der Waals surface area contributed by atoms with Crippen LogP contribution >= 0.6 is 11.3 Å². The number of aromatic nitrogens is 1. The summed E-state index contributed by atoms with van der Waals surface area (Å²) in [5, 5.41) is 1.37. The molecule has 0 spiro atoms. The molecule has 4 rings (SSSR count). The molecular formula is C21H20NS+. The van der Waals surface area contributed by atoms with Gasteiger partial charge >= 0.3 is 0 Å². The van der Waals surface area contributed by atoms with Crippen LogP contribution in [0.25, 0.3) is 26.9 Å². The maximum absolute atomic E-state index is 2.44. The second kappa shape index (κ2) is 5.47. The van der Waals surface area contributed by atoms with Gasteiger partial charge in [-0.25, -0.2) is 0 Å². The zero-order valence-electron chi connectivity index (χ0n) is 13.8. The molecule has 2 aromatic heterocycles. The predicted molar refractivity (Wildman–Crippen MR) is 99.3 cm³/mol. The van der Waals surface area contributed by atoms with Crippen molar-refractivity contribution in [2.24, 2.45) is 0 Å². The molecule has 0 aliphatic rings.